The van der Waals surface area contributed by atoms with Gasteiger partial charge in [0.05, 0.1) is 5.41 Å². The zero-order valence-electron chi connectivity index (χ0n) is 15.0. The van der Waals surface area contributed by atoms with Gasteiger partial charge in [0.15, 0.2) is 0 Å². The largest absolute Gasteiger partial charge is 0.338 e. The summed E-state index contributed by atoms with van der Waals surface area (Å²) in [6.07, 6.45) is 4.30. The molecule has 0 saturated carbocycles. The van der Waals surface area contributed by atoms with E-state index < -0.39 is 5.41 Å². The number of nitrogens with zero attached hydrogens (tertiary/aromatic N) is 2. The third-order valence-electron chi connectivity index (χ3n) is 5.32. The summed E-state index contributed by atoms with van der Waals surface area (Å²) in [4.78, 5) is 29.1. The Bertz CT molecular complexity index is 673. The van der Waals surface area contributed by atoms with Gasteiger partial charge in [-0.25, -0.2) is 4.79 Å². The van der Waals surface area contributed by atoms with Gasteiger partial charge in [-0.15, -0.1) is 6.58 Å². The first-order chi connectivity index (χ1) is 12.0. The van der Waals surface area contributed by atoms with Gasteiger partial charge in [-0.2, -0.15) is 0 Å². The summed E-state index contributed by atoms with van der Waals surface area (Å²) >= 11 is 0. The van der Waals surface area contributed by atoms with Crippen molar-refractivity contribution in [3.8, 4) is 0 Å². The van der Waals surface area contributed by atoms with E-state index in [0.717, 1.165) is 25.8 Å². The number of hydrogen-bond donors (Lipinski definition) is 1. The predicted molar refractivity (Wildman–Crippen MR) is 98.0 cm³/mol. The second-order valence-corrected chi connectivity index (χ2v) is 7.25. The van der Waals surface area contributed by atoms with E-state index in [-0.39, 0.29) is 11.9 Å². The summed E-state index contributed by atoms with van der Waals surface area (Å²) in [7, 11) is 0. The molecular formula is C20H27N3O2. The van der Waals surface area contributed by atoms with E-state index in [0.29, 0.717) is 26.2 Å². The molecule has 5 nitrogen and oxygen atoms in total. The number of hydrogen-bond acceptors (Lipinski definition) is 2. The van der Waals surface area contributed by atoms with Crippen LogP contribution in [0.2, 0.25) is 0 Å². The first-order valence-corrected chi connectivity index (χ1v) is 9.03. The maximum absolute atomic E-state index is 13.2. The van der Waals surface area contributed by atoms with E-state index in [2.05, 4.69) is 37.0 Å². The number of rotatable bonds is 4. The summed E-state index contributed by atoms with van der Waals surface area (Å²) in [5.74, 6) is 0.208. The van der Waals surface area contributed by atoms with E-state index in [4.69, 9.17) is 0 Å². The number of amides is 3. The number of aryl methyl sites for hydroxylation is 1. The van der Waals surface area contributed by atoms with E-state index >= 15 is 0 Å². The Kier molecular flexibility index (Phi) is 5.11. The van der Waals surface area contributed by atoms with E-state index in [1.165, 1.54) is 11.1 Å². The third kappa shape index (κ3) is 3.70. The highest BCUT2D eigenvalue weighted by Gasteiger charge is 2.49. The van der Waals surface area contributed by atoms with Crippen molar-refractivity contribution in [2.24, 2.45) is 5.41 Å². The van der Waals surface area contributed by atoms with E-state index in [9.17, 15) is 9.59 Å². The number of carbonyl (C=O) groups is 2. The van der Waals surface area contributed by atoms with Crippen LogP contribution >= 0.6 is 0 Å². The Morgan fingerprint density at radius 2 is 2.20 bits per heavy atom. The van der Waals surface area contributed by atoms with Crippen LogP contribution in [0, 0.1) is 12.3 Å². The summed E-state index contributed by atoms with van der Waals surface area (Å²) in [6.45, 7) is 8.77. The van der Waals surface area contributed by atoms with Crippen LogP contribution in [0.15, 0.2) is 36.9 Å². The van der Waals surface area contributed by atoms with Crippen LogP contribution in [-0.2, 0) is 11.3 Å². The molecule has 1 spiro atoms. The van der Waals surface area contributed by atoms with Gasteiger partial charge in [-0.1, -0.05) is 35.9 Å². The minimum Gasteiger partial charge on any atom is -0.338 e. The van der Waals surface area contributed by atoms with Crippen molar-refractivity contribution in [2.45, 2.75) is 32.7 Å². The number of nitrogens with one attached hydrogen (secondary N) is 1. The standard InChI is InChI=1S/C20H27N3O2/c1-3-10-21-19(25)23-12-9-20(15-23)8-5-11-22(18(20)24)14-17-7-4-6-16(2)13-17/h3-4,6-7,13H,1,5,8-12,14-15H2,2H3,(H,21,25)/t20-/m1/s1. The maximum atomic E-state index is 13.2. The molecule has 0 aliphatic carbocycles. The Balaban J connectivity index is 1.68. The monoisotopic (exact) mass is 341 g/mol. The summed E-state index contributed by atoms with van der Waals surface area (Å²) < 4.78 is 0. The fourth-order valence-corrected chi connectivity index (χ4v) is 4.03. The number of carbonyl (C=O) groups excluding carboxylic acids is 2. The number of benzene rings is 1. The van der Waals surface area contributed by atoms with Crippen molar-refractivity contribution in [3.05, 3.63) is 48.0 Å². The molecule has 1 aromatic rings. The molecule has 2 aliphatic heterocycles. The van der Waals surface area contributed by atoms with Crippen LogP contribution in [0.25, 0.3) is 0 Å². The molecule has 1 N–H and O–H groups in total. The van der Waals surface area contributed by atoms with Gasteiger partial charge >= 0.3 is 6.03 Å². The zero-order chi connectivity index (χ0) is 17.9. The van der Waals surface area contributed by atoms with Gasteiger partial charge in [-0.3, -0.25) is 4.79 Å². The minimum absolute atomic E-state index is 0.0969. The topological polar surface area (TPSA) is 52.7 Å². The molecule has 2 fully saturated rings. The number of likely N-dealkylation sites (tertiary alicyclic amines) is 2. The normalized spacial score (nSPS) is 23.2. The van der Waals surface area contributed by atoms with Crippen LogP contribution in [0.1, 0.15) is 30.4 Å². The predicted octanol–water partition coefficient (Wildman–Crippen LogP) is 2.71. The van der Waals surface area contributed by atoms with Gasteiger partial charge in [0.25, 0.3) is 0 Å². The molecular weight excluding hydrogens is 314 g/mol. The van der Waals surface area contributed by atoms with Crippen molar-refractivity contribution in [1.29, 1.82) is 0 Å². The Morgan fingerprint density at radius 3 is 2.96 bits per heavy atom. The lowest BCUT2D eigenvalue weighted by molar-refractivity contribution is -0.146. The van der Waals surface area contributed by atoms with Crippen LogP contribution < -0.4 is 5.32 Å². The smallest absolute Gasteiger partial charge is 0.317 e. The molecule has 2 saturated heterocycles. The Hall–Kier alpha value is -2.30. The summed E-state index contributed by atoms with van der Waals surface area (Å²) in [5, 5.41) is 2.81. The lowest BCUT2D eigenvalue weighted by atomic mass is 9.78. The molecule has 5 heteroatoms. The average molecular weight is 341 g/mol. The van der Waals surface area contributed by atoms with Gasteiger partial charge in [-0.05, 0) is 31.7 Å². The number of urea groups is 1. The maximum Gasteiger partial charge on any atom is 0.317 e. The SMILES string of the molecule is C=CCNC(=O)N1CC[C@]2(CCCN(Cc3cccc(C)c3)C2=O)C1. The van der Waals surface area contributed by atoms with E-state index in [1.807, 2.05) is 11.0 Å². The van der Waals surface area contributed by atoms with Gasteiger partial charge in [0.2, 0.25) is 5.91 Å². The van der Waals surface area contributed by atoms with Crippen molar-refractivity contribution in [2.75, 3.05) is 26.2 Å². The highest BCUT2D eigenvalue weighted by Crippen LogP contribution is 2.40. The fourth-order valence-electron chi connectivity index (χ4n) is 4.03. The molecule has 0 aromatic heterocycles. The first kappa shape index (κ1) is 17.5. The molecule has 0 radical (unpaired) electrons. The van der Waals surface area contributed by atoms with Crippen molar-refractivity contribution in [3.63, 3.8) is 0 Å². The fraction of sp³-hybridized carbons (Fsp3) is 0.500. The van der Waals surface area contributed by atoms with Crippen LogP contribution in [-0.4, -0.2) is 47.9 Å². The van der Waals surface area contributed by atoms with Crippen molar-refractivity contribution in [1.82, 2.24) is 15.1 Å². The zero-order valence-corrected chi connectivity index (χ0v) is 15.0. The van der Waals surface area contributed by atoms with Crippen LogP contribution in [0.5, 0.6) is 0 Å². The number of piperidine rings is 1. The van der Waals surface area contributed by atoms with Crippen molar-refractivity contribution < 1.29 is 9.59 Å². The highest BCUT2D eigenvalue weighted by atomic mass is 16.2. The summed E-state index contributed by atoms with van der Waals surface area (Å²) in [6, 6.07) is 8.22. The lowest BCUT2D eigenvalue weighted by Gasteiger charge is -2.39. The first-order valence-electron chi connectivity index (χ1n) is 9.03. The van der Waals surface area contributed by atoms with Crippen LogP contribution in [0.4, 0.5) is 4.79 Å². The molecule has 0 unspecified atom stereocenters. The molecule has 134 valence electrons. The molecule has 1 atom stereocenters. The highest BCUT2D eigenvalue weighted by molar-refractivity contribution is 5.85. The third-order valence-corrected chi connectivity index (χ3v) is 5.32. The lowest BCUT2D eigenvalue weighted by Crippen LogP contribution is -2.50. The van der Waals surface area contributed by atoms with Gasteiger partial charge in [0, 0.05) is 32.7 Å². The minimum atomic E-state index is -0.395. The molecule has 0 bridgehead atoms. The second kappa shape index (κ2) is 7.30. The van der Waals surface area contributed by atoms with Gasteiger partial charge < -0.3 is 15.1 Å². The van der Waals surface area contributed by atoms with Gasteiger partial charge in [0.1, 0.15) is 0 Å². The molecule has 1 aromatic carbocycles. The summed E-state index contributed by atoms with van der Waals surface area (Å²) in [5.41, 5.74) is 1.99. The Labute approximate surface area is 149 Å². The second-order valence-electron chi connectivity index (χ2n) is 7.25. The molecule has 3 rings (SSSR count). The van der Waals surface area contributed by atoms with Crippen LogP contribution in [0.3, 0.4) is 0 Å². The quantitative estimate of drug-likeness (QED) is 0.856. The molecule has 2 aliphatic rings. The Morgan fingerprint density at radius 1 is 1.36 bits per heavy atom. The molecule has 3 amide bonds. The van der Waals surface area contributed by atoms with Crippen molar-refractivity contribution >= 4 is 11.9 Å². The average Bonchev–Trinajstić information content (AvgIpc) is 3.02. The molecule has 25 heavy (non-hydrogen) atoms. The molecule has 2 heterocycles. The van der Waals surface area contributed by atoms with E-state index in [1.54, 1.807) is 11.0 Å².